The molecular formula is C13H28N2O7. The number of amides is 1. The smallest absolute Gasteiger partial charge is 0.251 e. The fourth-order valence-corrected chi connectivity index (χ4v) is 1.66. The van der Waals surface area contributed by atoms with E-state index in [-0.39, 0.29) is 6.54 Å². The molecule has 0 aromatic heterocycles. The Kier molecular flexibility index (Phi) is 9.01. The fourth-order valence-electron chi connectivity index (χ4n) is 1.66. The first-order chi connectivity index (χ1) is 10.0. The number of carbonyl (C=O) groups excluding carboxylic acids is 1. The highest BCUT2D eigenvalue weighted by Gasteiger charge is 2.34. The molecule has 0 saturated heterocycles. The van der Waals surface area contributed by atoms with Gasteiger partial charge >= 0.3 is 0 Å². The molecule has 9 N–H and O–H groups in total. The van der Waals surface area contributed by atoms with Gasteiger partial charge in [0.25, 0.3) is 5.91 Å². The molecule has 0 rings (SSSR count). The van der Waals surface area contributed by atoms with Crippen LogP contribution in [0.25, 0.3) is 0 Å². The van der Waals surface area contributed by atoms with Gasteiger partial charge in [0, 0.05) is 12.1 Å². The zero-order chi connectivity index (χ0) is 17.5. The lowest BCUT2D eigenvalue weighted by molar-refractivity contribution is -0.148. The van der Waals surface area contributed by atoms with Crippen molar-refractivity contribution in [1.29, 1.82) is 0 Å². The van der Waals surface area contributed by atoms with Crippen molar-refractivity contribution in [1.82, 2.24) is 5.32 Å². The van der Waals surface area contributed by atoms with Crippen molar-refractivity contribution < 1.29 is 35.4 Å². The molecule has 0 aliphatic heterocycles. The van der Waals surface area contributed by atoms with Gasteiger partial charge in [0.1, 0.15) is 18.3 Å². The Balaban J connectivity index is 4.16. The van der Waals surface area contributed by atoms with Gasteiger partial charge in [0.05, 0.1) is 12.7 Å². The Morgan fingerprint density at radius 2 is 1.68 bits per heavy atom. The zero-order valence-electron chi connectivity index (χ0n) is 12.9. The van der Waals surface area contributed by atoms with Gasteiger partial charge in [-0.05, 0) is 26.7 Å². The van der Waals surface area contributed by atoms with Crippen LogP contribution < -0.4 is 11.1 Å². The predicted molar refractivity (Wildman–Crippen MR) is 77.6 cm³/mol. The molecule has 0 radical (unpaired) electrons. The van der Waals surface area contributed by atoms with Crippen LogP contribution in [0.4, 0.5) is 0 Å². The van der Waals surface area contributed by atoms with Gasteiger partial charge in [-0.2, -0.15) is 0 Å². The monoisotopic (exact) mass is 324 g/mol. The largest absolute Gasteiger partial charge is 0.394 e. The predicted octanol–water partition coefficient (Wildman–Crippen LogP) is -3.58. The maximum Gasteiger partial charge on any atom is 0.251 e. The van der Waals surface area contributed by atoms with Crippen molar-refractivity contribution >= 4 is 5.91 Å². The molecule has 0 aromatic carbocycles. The lowest BCUT2D eigenvalue weighted by Gasteiger charge is -2.26. The molecule has 0 fully saturated rings. The Hall–Kier alpha value is -0.810. The van der Waals surface area contributed by atoms with Crippen LogP contribution in [0, 0.1) is 0 Å². The van der Waals surface area contributed by atoms with E-state index < -0.39 is 48.6 Å². The van der Waals surface area contributed by atoms with Crippen LogP contribution >= 0.6 is 0 Å². The summed E-state index contributed by atoms with van der Waals surface area (Å²) in [5.74, 6) is -0.932. The molecule has 0 spiro atoms. The molecule has 1 amide bonds. The fraction of sp³-hybridized carbons (Fsp3) is 0.923. The molecular weight excluding hydrogens is 296 g/mol. The maximum atomic E-state index is 11.6. The van der Waals surface area contributed by atoms with E-state index >= 15 is 0 Å². The number of rotatable bonds is 10. The normalized spacial score (nSPS) is 19.1. The van der Waals surface area contributed by atoms with Gasteiger partial charge in [-0.15, -0.1) is 0 Å². The summed E-state index contributed by atoms with van der Waals surface area (Å²) >= 11 is 0. The SMILES string of the molecule is CC(C)(N)[C@H](O)CCCNC(=O)[C@H](O)[C@@H](O)[C@H](O)[C@H](O)CO. The molecule has 9 heteroatoms. The highest BCUT2D eigenvalue weighted by atomic mass is 16.4. The molecule has 22 heavy (non-hydrogen) atoms. The van der Waals surface area contributed by atoms with Crippen LogP contribution in [0.15, 0.2) is 0 Å². The molecule has 0 aliphatic rings. The standard InChI is InChI=1S/C13H28N2O7/c1-13(2,14)8(18)4-3-5-15-12(22)11(21)10(20)9(19)7(17)6-16/h7-11,16-21H,3-6,14H2,1-2H3,(H,15,22)/t7-,8-,9-,10+,11-/m1/s1. The Labute approximate surface area is 129 Å². The number of aliphatic hydroxyl groups is 6. The summed E-state index contributed by atoms with van der Waals surface area (Å²) in [6, 6.07) is 0. The van der Waals surface area contributed by atoms with Crippen molar-refractivity contribution in [3.05, 3.63) is 0 Å². The number of hydrogen-bond acceptors (Lipinski definition) is 8. The first kappa shape index (κ1) is 21.2. The molecule has 0 unspecified atom stereocenters. The van der Waals surface area contributed by atoms with Crippen molar-refractivity contribution in [2.24, 2.45) is 5.73 Å². The highest BCUT2D eigenvalue weighted by Crippen LogP contribution is 2.10. The van der Waals surface area contributed by atoms with Crippen molar-refractivity contribution in [2.45, 2.75) is 62.7 Å². The van der Waals surface area contributed by atoms with Gasteiger partial charge in [-0.25, -0.2) is 0 Å². The number of aliphatic hydroxyl groups excluding tert-OH is 6. The Bertz CT molecular complexity index is 335. The number of nitrogens with two attached hydrogens (primary N) is 1. The van der Waals surface area contributed by atoms with Crippen LogP contribution in [-0.4, -0.2) is 85.8 Å². The summed E-state index contributed by atoms with van der Waals surface area (Å²) in [5, 5.41) is 58.3. The Morgan fingerprint density at radius 3 is 2.14 bits per heavy atom. The minimum absolute atomic E-state index is 0.133. The summed E-state index contributed by atoms with van der Waals surface area (Å²) in [7, 11) is 0. The van der Waals surface area contributed by atoms with E-state index in [0.29, 0.717) is 12.8 Å². The third-order valence-electron chi connectivity index (χ3n) is 3.34. The number of hydrogen-bond donors (Lipinski definition) is 8. The molecule has 9 nitrogen and oxygen atoms in total. The van der Waals surface area contributed by atoms with Crippen molar-refractivity contribution in [2.75, 3.05) is 13.2 Å². The first-order valence-corrected chi connectivity index (χ1v) is 7.10. The molecule has 0 saturated carbocycles. The van der Waals surface area contributed by atoms with Crippen LogP contribution in [0.3, 0.4) is 0 Å². The third-order valence-corrected chi connectivity index (χ3v) is 3.34. The lowest BCUT2D eigenvalue weighted by atomic mass is 9.95. The summed E-state index contributed by atoms with van der Waals surface area (Å²) in [6.45, 7) is 2.65. The molecule has 5 atom stereocenters. The minimum Gasteiger partial charge on any atom is -0.394 e. The highest BCUT2D eigenvalue weighted by molar-refractivity contribution is 5.81. The molecule has 0 heterocycles. The van der Waals surface area contributed by atoms with Crippen LogP contribution in [0.1, 0.15) is 26.7 Å². The van der Waals surface area contributed by atoms with E-state index in [0.717, 1.165) is 0 Å². The quantitative estimate of drug-likeness (QED) is 0.190. The summed E-state index contributed by atoms with van der Waals surface area (Å²) < 4.78 is 0. The molecule has 0 aliphatic carbocycles. The lowest BCUT2D eigenvalue weighted by Crippen LogP contribution is -2.51. The molecule has 0 bridgehead atoms. The summed E-state index contributed by atoms with van der Waals surface area (Å²) in [6.07, 6.45) is -7.42. The van der Waals surface area contributed by atoms with Crippen LogP contribution in [0.2, 0.25) is 0 Å². The van der Waals surface area contributed by atoms with Gasteiger partial charge in [0.2, 0.25) is 0 Å². The average Bonchev–Trinajstić information content (AvgIpc) is 2.46. The average molecular weight is 324 g/mol. The van der Waals surface area contributed by atoms with E-state index in [1.807, 2.05) is 0 Å². The number of nitrogens with one attached hydrogen (secondary N) is 1. The molecule has 0 aromatic rings. The van der Waals surface area contributed by atoms with E-state index in [9.17, 15) is 25.2 Å². The van der Waals surface area contributed by atoms with E-state index in [2.05, 4.69) is 5.32 Å². The second kappa shape index (κ2) is 9.36. The van der Waals surface area contributed by atoms with E-state index in [1.165, 1.54) is 0 Å². The van der Waals surface area contributed by atoms with Crippen molar-refractivity contribution in [3.8, 4) is 0 Å². The summed E-state index contributed by atoms with van der Waals surface area (Å²) in [4.78, 5) is 11.6. The van der Waals surface area contributed by atoms with Gasteiger partial charge in [0.15, 0.2) is 6.10 Å². The van der Waals surface area contributed by atoms with E-state index in [1.54, 1.807) is 13.8 Å². The third kappa shape index (κ3) is 6.97. The van der Waals surface area contributed by atoms with Gasteiger partial charge in [-0.1, -0.05) is 0 Å². The minimum atomic E-state index is -1.95. The maximum absolute atomic E-state index is 11.6. The van der Waals surface area contributed by atoms with E-state index in [4.69, 9.17) is 15.9 Å². The number of carbonyl (C=O) groups is 1. The van der Waals surface area contributed by atoms with Crippen molar-refractivity contribution in [3.63, 3.8) is 0 Å². The second-order valence-electron chi connectivity index (χ2n) is 5.95. The Morgan fingerprint density at radius 1 is 1.14 bits per heavy atom. The zero-order valence-corrected chi connectivity index (χ0v) is 12.9. The molecule has 132 valence electrons. The van der Waals surface area contributed by atoms with Gasteiger partial charge in [-0.3, -0.25) is 4.79 Å². The first-order valence-electron chi connectivity index (χ1n) is 7.10. The summed E-state index contributed by atoms with van der Waals surface area (Å²) in [5.41, 5.74) is 4.94. The topological polar surface area (TPSA) is 176 Å². The van der Waals surface area contributed by atoms with Gasteiger partial charge < -0.3 is 41.7 Å². The van der Waals surface area contributed by atoms with Crippen LogP contribution in [0.5, 0.6) is 0 Å². The second-order valence-corrected chi connectivity index (χ2v) is 5.95. The van der Waals surface area contributed by atoms with Crippen LogP contribution in [-0.2, 0) is 4.79 Å².